The van der Waals surface area contributed by atoms with Gasteiger partial charge in [0.1, 0.15) is 5.82 Å². The number of amides is 2. The summed E-state index contributed by atoms with van der Waals surface area (Å²) >= 11 is 0. The lowest BCUT2D eigenvalue weighted by atomic mass is 9.97. The molecule has 2 aromatic heterocycles. The number of aryl methyl sites for hydroxylation is 1. The number of carbonyl (C=O) groups excluding carboxylic acids is 2. The highest BCUT2D eigenvalue weighted by Crippen LogP contribution is 2.39. The van der Waals surface area contributed by atoms with E-state index in [4.69, 9.17) is 5.73 Å². The van der Waals surface area contributed by atoms with Crippen molar-refractivity contribution in [2.75, 3.05) is 10.6 Å². The van der Waals surface area contributed by atoms with Gasteiger partial charge in [-0.25, -0.2) is 9.88 Å². The van der Waals surface area contributed by atoms with Gasteiger partial charge in [0.2, 0.25) is 11.8 Å². The summed E-state index contributed by atoms with van der Waals surface area (Å²) in [6.45, 7) is 1.65. The first-order chi connectivity index (χ1) is 14.2. The van der Waals surface area contributed by atoms with Crippen molar-refractivity contribution in [1.29, 1.82) is 0 Å². The predicted molar refractivity (Wildman–Crippen MR) is 102 cm³/mol. The fourth-order valence-electron chi connectivity index (χ4n) is 3.59. The Kier molecular flexibility index (Phi) is 4.56. The summed E-state index contributed by atoms with van der Waals surface area (Å²) in [7, 11) is 0. The minimum atomic E-state index is -4.59. The van der Waals surface area contributed by atoms with Crippen LogP contribution in [0.5, 0.6) is 0 Å². The fraction of sp³-hybridized carbons (Fsp3) is 0.200. The smallest absolute Gasteiger partial charge is 0.383 e. The van der Waals surface area contributed by atoms with Crippen LogP contribution in [0.2, 0.25) is 0 Å². The van der Waals surface area contributed by atoms with Crippen LogP contribution in [0.25, 0.3) is 5.82 Å². The van der Waals surface area contributed by atoms with Gasteiger partial charge in [-0.1, -0.05) is 12.1 Å². The zero-order chi connectivity index (χ0) is 21.6. The van der Waals surface area contributed by atoms with Crippen molar-refractivity contribution in [2.45, 2.75) is 25.4 Å². The quantitative estimate of drug-likeness (QED) is 0.663. The number of alkyl halides is 3. The van der Waals surface area contributed by atoms with Gasteiger partial charge in [-0.15, -0.1) is 0 Å². The molecule has 0 spiro atoms. The predicted octanol–water partition coefficient (Wildman–Crippen LogP) is 3.22. The summed E-state index contributed by atoms with van der Waals surface area (Å²) in [6.07, 6.45) is -3.24. The van der Waals surface area contributed by atoms with Crippen LogP contribution in [0, 0.1) is 6.92 Å². The molecule has 1 atom stereocenters. The molecule has 154 valence electrons. The molecule has 0 radical (unpaired) electrons. The van der Waals surface area contributed by atoms with Gasteiger partial charge < -0.3 is 5.73 Å². The first-order valence-electron chi connectivity index (χ1n) is 8.99. The number of halogens is 3. The molecule has 1 aromatic carbocycles. The van der Waals surface area contributed by atoms with Crippen molar-refractivity contribution in [3.8, 4) is 5.82 Å². The Morgan fingerprint density at radius 3 is 2.57 bits per heavy atom. The minimum absolute atomic E-state index is 0.129. The van der Waals surface area contributed by atoms with Crippen LogP contribution in [0.4, 0.5) is 24.7 Å². The maximum Gasteiger partial charge on any atom is 0.416 e. The lowest BCUT2D eigenvalue weighted by molar-refractivity contribution is -0.137. The molecule has 1 aliphatic heterocycles. The second kappa shape index (κ2) is 6.97. The van der Waals surface area contributed by atoms with Crippen molar-refractivity contribution < 1.29 is 22.8 Å². The maximum absolute atomic E-state index is 13.0. The van der Waals surface area contributed by atoms with Gasteiger partial charge in [0.25, 0.3) is 0 Å². The van der Waals surface area contributed by atoms with Gasteiger partial charge in [-0.2, -0.15) is 23.0 Å². The molecule has 10 heteroatoms. The summed E-state index contributed by atoms with van der Waals surface area (Å²) < 4.78 is 40.5. The first kappa shape index (κ1) is 19.6. The van der Waals surface area contributed by atoms with Gasteiger partial charge >= 0.3 is 6.18 Å². The molecule has 30 heavy (non-hydrogen) atoms. The van der Waals surface area contributed by atoms with E-state index in [0.717, 1.165) is 23.1 Å². The molecule has 0 bridgehead atoms. The van der Waals surface area contributed by atoms with Gasteiger partial charge in [-0.05, 0) is 37.3 Å². The number of pyridine rings is 1. The van der Waals surface area contributed by atoms with E-state index in [9.17, 15) is 22.8 Å². The van der Waals surface area contributed by atoms with Crippen molar-refractivity contribution in [3.63, 3.8) is 0 Å². The van der Waals surface area contributed by atoms with Crippen molar-refractivity contribution in [1.82, 2.24) is 14.8 Å². The first-order valence-corrected chi connectivity index (χ1v) is 8.99. The van der Waals surface area contributed by atoms with E-state index in [-0.39, 0.29) is 17.9 Å². The van der Waals surface area contributed by atoms with Gasteiger partial charge in [0.15, 0.2) is 5.82 Å². The monoisotopic (exact) mass is 415 g/mol. The Labute approximate surface area is 168 Å². The maximum atomic E-state index is 13.0. The Bertz CT molecular complexity index is 1140. The molecular formula is C20H16F3N5O2. The molecule has 1 fully saturated rings. The number of anilines is 2. The van der Waals surface area contributed by atoms with Crippen LogP contribution >= 0.6 is 0 Å². The SMILES string of the molecule is Cc1nn(-c2ccccn2)c(N)c1[C@@H]1CC(=O)N(c2cccc(C(F)(F)F)c2)C1=O. The highest BCUT2D eigenvalue weighted by molar-refractivity contribution is 6.23. The van der Waals surface area contributed by atoms with Crippen LogP contribution < -0.4 is 10.6 Å². The fourth-order valence-corrected chi connectivity index (χ4v) is 3.59. The Morgan fingerprint density at radius 1 is 1.13 bits per heavy atom. The van der Waals surface area contributed by atoms with E-state index in [2.05, 4.69) is 10.1 Å². The molecule has 3 aromatic rings. The van der Waals surface area contributed by atoms with E-state index in [1.165, 1.54) is 10.7 Å². The normalized spacial score (nSPS) is 17.1. The number of hydrogen-bond acceptors (Lipinski definition) is 5. The van der Waals surface area contributed by atoms with Gasteiger partial charge in [0.05, 0.1) is 22.9 Å². The van der Waals surface area contributed by atoms with E-state index in [1.54, 1.807) is 31.3 Å². The second-order valence-corrected chi connectivity index (χ2v) is 6.86. The molecular weight excluding hydrogens is 399 g/mol. The standard InChI is InChI=1S/C20H16F3N5O2/c1-11-17(18(24)28(26-11)15-7-2-3-8-25-15)14-10-16(29)27(19(14)30)13-6-4-5-12(9-13)20(21,22)23/h2-9,14H,10,24H2,1H3/t14-/m0/s1. The van der Waals surface area contributed by atoms with Gasteiger partial charge in [-0.3, -0.25) is 9.59 Å². The average molecular weight is 415 g/mol. The van der Waals surface area contributed by atoms with Crippen LogP contribution in [0.15, 0.2) is 48.7 Å². The highest BCUT2D eigenvalue weighted by atomic mass is 19.4. The van der Waals surface area contributed by atoms with Crippen LogP contribution in [-0.4, -0.2) is 26.6 Å². The zero-order valence-corrected chi connectivity index (χ0v) is 15.7. The third-order valence-electron chi connectivity index (χ3n) is 4.94. The summed E-state index contributed by atoms with van der Waals surface area (Å²) in [5.41, 5.74) is 5.96. The molecule has 1 saturated heterocycles. The third kappa shape index (κ3) is 3.19. The molecule has 7 nitrogen and oxygen atoms in total. The van der Waals surface area contributed by atoms with Crippen LogP contribution in [-0.2, 0) is 15.8 Å². The molecule has 2 N–H and O–H groups in total. The summed E-state index contributed by atoms with van der Waals surface area (Å²) in [6, 6.07) is 9.27. The summed E-state index contributed by atoms with van der Waals surface area (Å²) in [5, 5.41) is 4.33. The number of imide groups is 1. The number of hydrogen-bond donors (Lipinski definition) is 1. The molecule has 0 unspecified atom stereocenters. The summed E-state index contributed by atoms with van der Waals surface area (Å²) in [4.78, 5) is 30.6. The van der Waals surface area contributed by atoms with Crippen LogP contribution in [0.3, 0.4) is 0 Å². The molecule has 1 aliphatic rings. The number of nitrogens with zero attached hydrogens (tertiary/aromatic N) is 4. The van der Waals surface area contributed by atoms with E-state index < -0.39 is 29.5 Å². The van der Waals surface area contributed by atoms with Crippen molar-refractivity contribution >= 4 is 23.3 Å². The average Bonchev–Trinajstić information content (AvgIpc) is 3.16. The molecule has 2 amide bonds. The van der Waals surface area contributed by atoms with Crippen LogP contribution in [0.1, 0.15) is 29.2 Å². The topological polar surface area (TPSA) is 94.1 Å². The molecule has 4 rings (SSSR count). The Morgan fingerprint density at radius 2 is 1.90 bits per heavy atom. The number of nitrogen functional groups attached to an aromatic ring is 1. The second-order valence-electron chi connectivity index (χ2n) is 6.86. The molecule has 0 aliphatic carbocycles. The van der Waals surface area contributed by atoms with Gasteiger partial charge in [0, 0.05) is 18.2 Å². The number of aromatic nitrogens is 3. The number of rotatable bonds is 3. The largest absolute Gasteiger partial charge is 0.416 e. The Balaban J connectivity index is 1.72. The Hall–Kier alpha value is -3.69. The summed E-state index contributed by atoms with van der Waals surface area (Å²) in [5.74, 6) is -1.59. The lowest BCUT2D eigenvalue weighted by Gasteiger charge is -2.17. The number of nitrogens with two attached hydrogens (primary N) is 1. The zero-order valence-electron chi connectivity index (χ0n) is 15.7. The van der Waals surface area contributed by atoms with E-state index in [1.807, 2.05) is 0 Å². The van der Waals surface area contributed by atoms with Crippen molar-refractivity contribution in [3.05, 3.63) is 65.5 Å². The van der Waals surface area contributed by atoms with Crippen molar-refractivity contribution in [2.24, 2.45) is 0 Å². The number of carbonyl (C=O) groups is 2. The minimum Gasteiger partial charge on any atom is -0.383 e. The lowest BCUT2D eigenvalue weighted by Crippen LogP contribution is -2.30. The third-order valence-corrected chi connectivity index (χ3v) is 4.94. The number of benzene rings is 1. The highest BCUT2D eigenvalue weighted by Gasteiger charge is 2.43. The van der Waals surface area contributed by atoms with E-state index >= 15 is 0 Å². The molecule has 0 saturated carbocycles. The molecule has 3 heterocycles. The van der Waals surface area contributed by atoms with E-state index in [0.29, 0.717) is 17.1 Å².